The molecule has 2 saturated heterocycles. The van der Waals surface area contributed by atoms with Gasteiger partial charge in [0.15, 0.2) is 0 Å². The van der Waals surface area contributed by atoms with Gasteiger partial charge in [-0.1, -0.05) is 97.4 Å². The lowest BCUT2D eigenvalue weighted by Crippen LogP contribution is -2.67. The molecular weight excluding hydrogens is 825 g/mol. The van der Waals surface area contributed by atoms with E-state index in [-0.39, 0.29) is 72.6 Å². The SMILES string of the molecule is CC(=O)N[C@@]12O[C@@H](CC[C@H]1C)C[C@H](C)/C(C)=C/C=C/C=C/[C@@H](C)C[C@@H](C)C(=O)[C@H](C)[C@H](O)/C(C)=C/[C@@H](C)C(=O)CC([C@H](C)CC1CC[C@@H](O)[C@H](C)C1)OC(=O)[C@@H]1CCCCN1C(=O)C2=O. The number of carbonyl (C=O) groups excluding carboxylic acids is 6. The van der Waals surface area contributed by atoms with Crippen molar-refractivity contribution < 1.29 is 48.5 Å². The molecule has 4 rings (SSSR count). The number of hydrogen-bond acceptors (Lipinski definition) is 10. The van der Waals surface area contributed by atoms with E-state index in [1.165, 1.54) is 11.8 Å². The fourth-order valence-corrected chi connectivity index (χ4v) is 10.7. The normalized spacial score (nSPS) is 40.3. The van der Waals surface area contributed by atoms with Gasteiger partial charge in [0.1, 0.15) is 23.7 Å². The van der Waals surface area contributed by atoms with Crippen molar-refractivity contribution in [3.8, 4) is 0 Å². The Morgan fingerprint density at radius 3 is 2.25 bits per heavy atom. The molecule has 12 nitrogen and oxygen atoms in total. The third-order valence-corrected chi connectivity index (χ3v) is 15.2. The molecule has 0 aromatic rings. The van der Waals surface area contributed by atoms with Crippen LogP contribution < -0.4 is 5.32 Å². The molecule has 65 heavy (non-hydrogen) atoms. The first kappa shape index (κ1) is 53.9. The van der Waals surface area contributed by atoms with Crippen molar-refractivity contribution in [1.29, 1.82) is 0 Å². The van der Waals surface area contributed by atoms with Crippen molar-refractivity contribution in [3.63, 3.8) is 0 Å². The molecule has 3 N–H and O–H groups in total. The highest BCUT2D eigenvalue weighted by atomic mass is 16.5. The number of nitrogens with zero attached hydrogens (tertiary/aromatic N) is 1. The molecule has 12 heteroatoms. The highest BCUT2D eigenvalue weighted by Crippen LogP contribution is 2.39. The van der Waals surface area contributed by atoms with E-state index in [2.05, 4.69) is 25.2 Å². The lowest BCUT2D eigenvalue weighted by atomic mass is 9.75. The second kappa shape index (κ2) is 24.3. The van der Waals surface area contributed by atoms with E-state index in [0.717, 1.165) is 18.4 Å². The Balaban J connectivity index is 1.72. The number of allylic oxidation sites excluding steroid dienone is 7. The molecule has 3 fully saturated rings. The standard InChI is InChI=1S/C53H82N2O10/c1-31-17-13-12-14-18-32(2)33(3)29-43-22-20-39(9)53(65-43,54-41(11)56)50(61)51(62)55-24-16-15-19-44(55)52(63)64-47(36(6)28-42-21-23-45(57)35(5)27-42)30-46(58)34(4)26-38(8)49(60)40(10)48(59)37(7)25-31/h12-14,17-18,26,31,33-37,39-40,42-45,47,49,57,60H,15-16,19-25,27-30H2,1-11H3,(H,54,56)/b14-12+,17-13+,32-18+,38-26+/t31-,33+,34-,35-,36-,37-,39-,40+,42?,43+,44+,45-,47?,49-,53-/m1/s1. The lowest BCUT2D eigenvalue weighted by molar-refractivity contribution is -0.197. The molecule has 0 spiro atoms. The Bertz CT molecular complexity index is 1820. The van der Waals surface area contributed by atoms with Gasteiger partial charge in [-0.3, -0.25) is 24.0 Å². The predicted octanol–water partition coefficient (Wildman–Crippen LogP) is 8.19. The van der Waals surface area contributed by atoms with Crippen LogP contribution >= 0.6 is 0 Å². The molecule has 15 atom stereocenters. The van der Waals surface area contributed by atoms with Crippen LogP contribution in [0.4, 0.5) is 0 Å². The summed E-state index contributed by atoms with van der Waals surface area (Å²) in [5.41, 5.74) is -0.333. The summed E-state index contributed by atoms with van der Waals surface area (Å²) in [5, 5.41) is 24.6. The Labute approximate surface area is 389 Å². The van der Waals surface area contributed by atoms with Crippen molar-refractivity contribution >= 4 is 35.1 Å². The predicted molar refractivity (Wildman–Crippen MR) is 252 cm³/mol. The van der Waals surface area contributed by atoms with Gasteiger partial charge in [0, 0.05) is 43.6 Å². The fourth-order valence-electron chi connectivity index (χ4n) is 10.7. The molecule has 2 unspecified atom stereocenters. The minimum Gasteiger partial charge on any atom is -0.460 e. The Hall–Kier alpha value is -3.74. The van der Waals surface area contributed by atoms with Crippen molar-refractivity contribution in [2.75, 3.05) is 6.54 Å². The van der Waals surface area contributed by atoms with Crippen LogP contribution in [0.5, 0.6) is 0 Å². The maximum absolute atomic E-state index is 14.7. The molecule has 0 aromatic heterocycles. The van der Waals surface area contributed by atoms with Gasteiger partial charge >= 0.3 is 5.97 Å². The summed E-state index contributed by atoms with van der Waals surface area (Å²) in [6.07, 6.45) is 15.4. The first-order valence-electron chi connectivity index (χ1n) is 24.7. The molecule has 2 amide bonds. The molecular formula is C53H82N2O10. The van der Waals surface area contributed by atoms with Gasteiger partial charge in [-0.2, -0.15) is 0 Å². The van der Waals surface area contributed by atoms with E-state index in [9.17, 15) is 39.0 Å². The van der Waals surface area contributed by atoms with Gasteiger partial charge in [-0.15, -0.1) is 0 Å². The first-order valence-corrected chi connectivity index (χ1v) is 24.7. The number of amides is 2. The van der Waals surface area contributed by atoms with Crippen LogP contribution in [0.1, 0.15) is 153 Å². The van der Waals surface area contributed by atoms with Crippen LogP contribution in [0.25, 0.3) is 0 Å². The third-order valence-electron chi connectivity index (χ3n) is 15.2. The average Bonchev–Trinajstić information content (AvgIpc) is 3.26. The van der Waals surface area contributed by atoms with Gasteiger partial charge in [0.25, 0.3) is 11.7 Å². The number of aliphatic hydroxyl groups excluding tert-OH is 2. The molecule has 3 heterocycles. The number of cyclic esters (lactones) is 1. The lowest BCUT2D eigenvalue weighted by Gasteiger charge is -2.46. The topological polar surface area (TPSA) is 177 Å². The molecule has 0 aromatic carbocycles. The molecule has 4 aliphatic rings. The molecule has 3 aliphatic heterocycles. The monoisotopic (exact) mass is 907 g/mol. The second-order valence-corrected chi connectivity index (χ2v) is 20.8. The van der Waals surface area contributed by atoms with E-state index in [4.69, 9.17) is 9.47 Å². The Morgan fingerprint density at radius 1 is 0.862 bits per heavy atom. The van der Waals surface area contributed by atoms with Crippen molar-refractivity contribution in [1.82, 2.24) is 10.2 Å². The van der Waals surface area contributed by atoms with Crippen LogP contribution in [-0.2, 0) is 38.2 Å². The number of Topliss-reactive ketones (excluding diaryl/α,β-unsaturated/α-hetero) is 3. The average molecular weight is 907 g/mol. The number of esters is 1. The maximum Gasteiger partial charge on any atom is 0.329 e. The van der Waals surface area contributed by atoms with Crippen LogP contribution in [0.3, 0.4) is 0 Å². The minimum absolute atomic E-state index is 0.0417. The van der Waals surface area contributed by atoms with Gasteiger partial charge in [-0.25, -0.2) is 4.79 Å². The summed E-state index contributed by atoms with van der Waals surface area (Å²) in [6, 6.07) is -1.09. The van der Waals surface area contributed by atoms with Crippen LogP contribution in [0.2, 0.25) is 0 Å². The zero-order valence-corrected chi connectivity index (χ0v) is 41.3. The summed E-state index contributed by atoms with van der Waals surface area (Å²) >= 11 is 0. The van der Waals surface area contributed by atoms with Gasteiger partial charge in [0.2, 0.25) is 11.6 Å². The largest absolute Gasteiger partial charge is 0.460 e. The van der Waals surface area contributed by atoms with E-state index in [0.29, 0.717) is 56.9 Å². The van der Waals surface area contributed by atoms with Gasteiger partial charge in [-0.05, 0) is 120 Å². The van der Waals surface area contributed by atoms with Crippen molar-refractivity contribution in [2.24, 2.45) is 53.3 Å². The number of ketones is 3. The third kappa shape index (κ3) is 14.4. The zero-order valence-electron chi connectivity index (χ0n) is 41.3. The molecule has 364 valence electrons. The Morgan fingerprint density at radius 2 is 1.57 bits per heavy atom. The number of rotatable bonds is 4. The number of nitrogens with one attached hydrogen (secondary N) is 1. The van der Waals surface area contributed by atoms with Crippen LogP contribution in [-0.4, -0.2) is 93.0 Å². The van der Waals surface area contributed by atoms with E-state index in [1.54, 1.807) is 33.8 Å². The number of carbonyl (C=O) groups is 6. The quantitative estimate of drug-likeness (QED) is 0.142. The number of fused-ring (bicyclic) bond motifs is 3. The summed E-state index contributed by atoms with van der Waals surface area (Å²) in [4.78, 5) is 85.5. The second-order valence-electron chi connectivity index (χ2n) is 20.8. The molecule has 1 saturated carbocycles. The van der Waals surface area contributed by atoms with Crippen LogP contribution in [0, 0.1) is 53.3 Å². The van der Waals surface area contributed by atoms with Crippen molar-refractivity contribution in [2.45, 2.75) is 189 Å². The number of ether oxygens (including phenoxy) is 2. The van der Waals surface area contributed by atoms with E-state index in [1.807, 2.05) is 52.0 Å². The van der Waals surface area contributed by atoms with E-state index >= 15 is 0 Å². The van der Waals surface area contributed by atoms with Crippen LogP contribution in [0.15, 0.2) is 47.6 Å². The fraction of sp³-hybridized carbons (Fsp3) is 0.736. The summed E-state index contributed by atoms with van der Waals surface area (Å²) in [6.45, 7) is 20.5. The number of piperidine rings is 1. The minimum atomic E-state index is -1.93. The van der Waals surface area contributed by atoms with Gasteiger partial charge in [0.05, 0.1) is 18.3 Å². The molecule has 1 aliphatic carbocycles. The smallest absolute Gasteiger partial charge is 0.329 e. The highest BCUT2D eigenvalue weighted by Gasteiger charge is 2.54. The summed E-state index contributed by atoms with van der Waals surface area (Å²) < 4.78 is 12.9. The summed E-state index contributed by atoms with van der Waals surface area (Å²) in [5.74, 6) is -5.26. The highest BCUT2D eigenvalue weighted by molar-refractivity contribution is 6.39. The number of aliphatic hydroxyl groups is 2. The Kier molecular flexibility index (Phi) is 20.2. The zero-order chi connectivity index (χ0) is 48.3. The first-order chi connectivity index (χ1) is 30.6. The van der Waals surface area contributed by atoms with Gasteiger partial charge < -0.3 is 29.9 Å². The number of hydrogen-bond donors (Lipinski definition) is 3. The summed E-state index contributed by atoms with van der Waals surface area (Å²) in [7, 11) is 0. The van der Waals surface area contributed by atoms with E-state index < -0.39 is 71.4 Å². The van der Waals surface area contributed by atoms with Crippen molar-refractivity contribution in [3.05, 3.63) is 47.6 Å². The maximum atomic E-state index is 14.7. The molecule has 0 radical (unpaired) electrons. The molecule has 2 bridgehead atoms.